The van der Waals surface area contributed by atoms with Crippen molar-refractivity contribution in [1.82, 2.24) is 0 Å². The molecule has 0 bridgehead atoms. The third-order valence-electron chi connectivity index (χ3n) is 2.91. The summed E-state index contributed by atoms with van der Waals surface area (Å²) in [5.74, 6) is -0.374. The zero-order valence-corrected chi connectivity index (χ0v) is 13.3. The van der Waals surface area contributed by atoms with Gasteiger partial charge in [0.15, 0.2) is 0 Å². The lowest BCUT2D eigenvalue weighted by Gasteiger charge is -2.12. The molecule has 0 atom stereocenters. The molecule has 0 radical (unpaired) electrons. The molecular weight excluding hydrogens is 332 g/mol. The molecule has 21 heavy (non-hydrogen) atoms. The van der Waals surface area contributed by atoms with Crippen LogP contribution in [0.1, 0.15) is 22.8 Å². The molecule has 0 aliphatic heterocycles. The van der Waals surface area contributed by atoms with Crippen LogP contribution in [0.3, 0.4) is 0 Å². The largest absolute Gasteiger partial charge is 0.462 e. The Morgan fingerprint density at radius 1 is 1.29 bits per heavy atom. The summed E-state index contributed by atoms with van der Waals surface area (Å²) in [5, 5.41) is 3.25. The Labute approximate surface area is 132 Å². The topological polar surface area (TPSA) is 64.3 Å². The lowest BCUT2D eigenvalue weighted by atomic mass is 10.1. The first-order valence-corrected chi connectivity index (χ1v) is 7.44. The molecule has 0 fully saturated rings. The van der Waals surface area contributed by atoms with Crippen LogP contribution in [0.4, 0.5) is 11.4 Å². The van der Waals surface area contributed by atoms with Crippen molar-refractivity contribution in [1.29, 1.82) is 0 Å². The third kappa shape index (κ3) is 4.23. The van der Waals surface area contributed by atoms with Crippen LogP contribution in [0.15, 0.2) is 46.9 Å². The standard InChI is InChI=1S/C16H17BrN2O2/c1-2-21-16(20)14-9-13(18)6-7-15(14)19-10-11-4-3-5-12(17)8-11/h3-9,19H,2,10,18H2,1H3. The van der Waals surface area contributed by atoms with Crippen molar-refractivity contribution in [3.05, 3.63) is 58.1 Å². The third-order valence-corrected chi connectivity index (χ3v) is 3.40. The molecule has 0 aliphatic carbocycles. The van der Waals surface area contributed by atoms with E-state index >= 15 is 0 Å². The maximum absolute atomic E-state index is 12.0. The van der Waals surface area contributed by atoms with E-state index in [1.165, 1.54) is 0 Å². The van der Waals surface area contributed by atoms with Crippen LogP contribution in [0.2, 0.25) is 0 Å². The summed E-state index contributed by atoms with van der Waals surface area (Å²) >= 11 is 3.44. The molecular formula is C16H17BrN2O2. The summed E-state index contributed by atoms with van der Waals surface area (Å²) in [4.78, 5) is 12.0. The Morgan fingerprint density at radius 3 is 2.81 bits per heavy atom. The van der Waals surface area contributed by atoms with Crippen LogP contribution in [-0.4, -0.2) is 12.6 Å². The highest BCUT2D eigenvalue weighted by Crippen LogP contribution is 2.21. The molecule has 110 valence electrons. The number of rotatable bonds is 5. The molecule has 2 aromatic carbocycles. The van der Waals surface area contributed by atoms with Crippen molar-refractivity contribution >= 4 is 33.3 Å². The molecule has 3 N–H and O–H groups in total. The molecule has 0 spiro atoms. The Hall–Kier alpha value is -2.01. The van der Waals surface area contributed by atoms with E-state index in [0.29, 0.717) is 30.1 Å². The van der Waals surface area contributed by atoms with Gasteiger partial charge < -0.3 is 15.8 Å². The number of anilines is 2. The zero-order chi connectivity index (χ0) is 15.2. The molecule has 0 aliphatic rings. The first kappa shape index (κ1) is 15.4. The van der Waals surface area contributed by atoms with E-state index in [4.69, 9.17) is 10.5 Å². The van der Waals surface area contributed by atoms with Gasteiger partial charge in [0, 0.05) is 22.4 Å². The van der Waals surface area contributed by atoms with Crippen LogP contribution in [0, 0.1) is 0 Å². The van der Waals surface area contributed by atoms with Gasteiger partial charge in [-0.2, -0.15) is 0 Å². The van der Waals surface area contributed by atoms with Gasteiger partial charge in [0.25, 0.3) is 0 Å². The Morgan fingerprint density at radius 2 is 2.10 bits per heavy atom. The number of esters is 1. The highest BCUT2D eigenvalue weighted by Gasteiger charge is 2.12. The Kier molecular flexibility index (Phi) is 5.22. The second-order valence-corrected chi connectivity index (χ2v) is 5.42. The smallest absolute Gasteiger partial charge is 0.340 e. The molecule has 0 unspecified atom stereocenters. The van der Waals surface area contributed by atoms with Crippen molar-refractivity contribution in [3.8, 4) is 0 Å². The molecule has 0 saturated heterocycles. The fourth-order valence-corrected chi connectivity index (χ4v) is 2.38. The van der Waals surface area contributed by atoms with E-state index in [1.807, 2.05) is 24.3 Å². The van der Waals surface area contributed by atoms with Crippen molar-refractivity contribution in [3.63, 3.8) is 0 Å². The fourth-order valence-electron chi connectivity index (χ4n) is 1.94. The lowest BCUT2D eigenvalue weighted by Crippen LogP contribution is -2.10. The van der Waals surface area contributed by atoms with Crippen molar-refractivity contribution in [2.45, 2.75) is 13.5 Å². The zero-order valence-electron chi connectivity index (χ0n) is 11.7. The van der Waals surface area contributed by atoms with E-state index in [-0.39, 0.29) is 5.97 Å². The van der Waals surface area contributed by atoms with Crippen LogP contribution in [0.5, 0.6) is 0 Å². The number of ether oxygens (including phenoxy) is 1. The second-order valence-electron chi connectivity index (χ2n) is 4.51. The maximum Gasteiger partial charge on any atom is 0.340 e. The average Bonchev–Trinajstić information content (AvgIpc) is 2.46. The maximum atomic E-state index is 12.0. The minimum absolute atomic E-state index is 0.332. The van der Waals surface area contributed by atoms with Gasteiger partial charge in [0.1, 0.15) is 0 Å². The average molecular weight is 349 g/mol. The number of benzene rings is 2. The van der Waals surface area contributed by atoms with Gasteiger partial charge in [-0.15, -0.1) is 0 Å². The summed E-state index contributed by atoms with van der Waals surface area (Å²) < 4.78 is 6.07. The summed E-state index contributed by atoms with van der Waals surface area (Å²) in [6.07, 6.45) is 0. The molecule has 0 aromatic heterocycles. The molecule has 0 saturated carbocycles. The summed E-state index contributed by atoms with van der Waals surface area (Å²) in [6.45, 7) is 2.72. The van der Waals surface area contributed by atoms with Crippen molar-refractivity contribution in [2.75, 3.05) is 17.7 Å². The Bertz CT molecular complexity index is 644. The first-order valence-electron chi connectivity index (χ1n) is 6.65. The SMILES string of the molecule is CCOC(=O)c1cc(N)ccc1NCc1cccc(Br)c1. The van der Waals surface area contributed by atoms with Crippen LogP contribution in [-0.2, 0) is 11.3 Å². The van der Waals surface area contributed by atoms with Gasteiger partial charge in [-0.25, -0.2) is 4.79 Å². The van der Waals surface area contributed by atoms with Crippen molar-refractivity contribution in [2.24, 2.45) is 0 Å². The quantitative estimate of drug-likeness (QED) is 0.636. The van der Waals surface area contributed by atoms with E-state index in [0.717, 1.165) is 10.0 Å². The van der Waals surface area contributed by atoms with Gasteiger partial charge in [0.2, 0.25) is 0 Å². The summed E-state index contributed by atoms with van der Waals surface area (Å²) in [5.41, 5.74) is 8.55. The predicted octanol–water partition coefficient (Wildman–Crippen LogP) is 3.82. The molecule has 4 nitrogen and oxygen atoms in total. The number of nitrogens with one attached hydrogen (secondary N) is 1. The number of hydrogen-bond acceptors (Lipinski definition) is 4. The molecule has 5 heteroatoms. The number of halogens is 1. The van der Waals surface area contributed by atoms with E-state index < -0.39 is 0 Å². The first-order chi connectivity index (χ1) is 10.1. The van der Waals surface area contributed by atoms with Crippen molar-refractivity contribution < 1.29 is 9.53 Å². The van der Waals surface area contributed by atoms with Gasteiger partial charge in [0.05, 0.1) is 12.2 Å². The minimum Gasteiger partial charge on any atom is -0.462 e. The second kappa shape index (κ2) is 7.13. The number of nitrogen functional groups attached to an aromatic ring is 1. The van der Waals surface area contributed by atoms with Gasteiger partial charge in [-0.3, -0.25) is 0 Å². The molecule has 0 heterocycles. The fraction of sp³-hybridized carbons (Fsp3) is 0.188. The van der Waals surface area contributed by atoms with E-state index in [2.05, 4.69) is 21.2 Å². The summed E-state index contributed by atoms with van der Waals surface area (Å²) in [7, 11) is 0. The predicted molar refractivity (Wildman–Crippen MR) is 88.3 cm³/mol. The van der Waals surface area contributed by atoms with Gasteiger partial charge in [-0.05, 0) is 42.8 Å². The van der Waals surface area contributed by atoms with E-state index in [1.54, 1.807) is 25.1 Å². The van der Waals surface area contributed by atoms with Gasteiger partial charge in [-0.1, -0.05) is 28.1 Å². The molecule has 2 aromatic rings. The van der Waals surface area contributed by atoms with Gasteiger partial charge >= 0.3 is 5.97 Å². The monoisotopic (exact) mass is 348 g/mol. The highest BCUT2D eigenvalue weighted by atomic mass is 79.9. The van der Waals surface area contributed by atoms with Crippen LogP contribution in [0.25, 0.3) is 0 Å². The van der Waals surface area contributed by atoms with E-state index in [9.17, 15) is 4.79 Å². The van der Waals surface area contributed by atoms with Crippen LogP contribution < -0.4 is 11.1 Å². The number of nitrogens with two attached hydrogens (primary N) is 1. The normalized spacial score (nSPS) is 10.2. The number of carbonyl (C=O) groups excluding carboxylic acids is 1. The Balaban J connectivity index is 2.17. The molecule has 0 amide bonds. The molecule has 2 rings (SSSR count). The minimum atomic E-state index is -0.374. The van der Waals surface area contributed by atoms with Crippen LogP contribution >= 0.6 is 15.9 Å². The summed E-state index contributed by atoms with van der Waals surface area (Å²) in [6, 6.07) is 13.1. The highest BCUT2D eigenvalue weighted by molar-refractivity contribution is 9.10. The lowest BCUT2D eigenvalue weighted by molar-refractivity contribution is 0.0527. The number of carbonyl (C=O) groups is 1. The number of hydrogen-bond donors (Lipinski definition) is 2.